The van der Waals surface area contributed by atoms with Gasteiger partial charge in [-0.15, -0.1) is 0 Å². The van der Waals surface area contributed by atoms with Crippen molar-refractivity contribution in [2.75, 3.05) is 77.7 Å². The highest BCUT2D eigenvalue weighted by Gasteiger charge is 2.36. The topological polar surface area (TPSA) is 181 Å². The van der Waals surface area contributed by atoms with Gasteiger partial charge in [0.05, 0.1) is 12.8 Å². The Labute approximate surface area is 340 Å². The Morgan fingerprint density at radius 1 is 0.881 bits per heavy atom. The number of anilines is 6. The lowest BCUT2D eigenvalue weighted by molar-refractivity contribution is -0.137. The first-order valence-electron chi connectivity index (χ1n) is 19.4. The second-order valence-electron chi connectivity index (χ2n) is 14.9. The van der Waals surface area contributed by atoms with Gasteiger partial charge < -0.3 is 20.9 Å². The van der Waals surface area contributed by atoms with Crippen LogP contribution in [0.3, 0.4) is 0 Å². The maximum Gasteiger partial charge on any atom is 0.421 e. The summed E-state index contributed by atoms with van der Waals surface area (Å²) in [5, 5.41) is 11.2. The predicted octanol–water partition coefficient (Wildman–Crippen LogP) is 4.04. The molecule has 4 aromatic rings. The van der Waals surface area contributed by atoms with Crippen LogP contribution in [0, 0.1) is 0 Å². The Morgan fingerprint density at radius 3 is 2.22 bits per heavy atom. The van der Waals surface area contributed by atoms with Gasteiger partial charge in [0.1, 0.15) is 23.1 Å². The Morgan fingerprint density at radius 2 is 1.56 bits per heavy atom. The number of imide groups is 1. The zero-order valence-electron chi connectivity index (χ0n) is 32.7. The first-order valence-corrected chi connectivity index (χ1v) is 21.2. The largest absolute Gasteiger partial charge is 0.421 e. The summed E-state index contributed by atoms with van der Waals surface area (Å²) >= 11 is 0. The van der Waals surface area contributed by atoms with E-state index in [0.717, 1.165) is 80.6 Å². The van der Waals surface area contributed by atoms with Crippen LogP contribution >= 0.6 is 0 Å². The summed E-state index contributed by atoms with van der Waals surface area (Å²) in [4.78, 5) is 47.1. The zero-order valence-corrected chi connectivity index (χ0v) is 33.6. The molecule has 2 aromatic heterocycles. The number of sulfonamides is 1. The summed E-state index contributed by atoms with van der Waals surface area (Å²) < 4.78 is 66.9. The number of benzene rings is 2. The molecule has 3 saturated heterocycles. The number of nitrogens with one attached hydrogen (secondary N) is 4. The van der Waals surface area contributed by atoms with Crippen LogP contribution in [-0.2, 0) is 38.9 Å². The van der Waals surface area contributed by atoms with Gasteiger partial charge in [0.15, 0.2) is 5.82 Å². The molecule has 2 aromatic carbocycles. The van der Waals surface area contributed by atoms with E-state index < -0.39 is 33.6 Å². The van der Waals surface area contributed by atoms with E-state index in [9.17, 15) is 31.2 Å². The third kappa shape index (κ3) is 10.5. The third-order valence-corrected chi connectivity index (χ3v) is 12.0. The van der Waals surface area contributed by atoms with Crippen LogP contribution in [0.15, 0.2) is 67.1 Å². The number of alkyl halides is 3. The van der Waals surface area contributed by atoms with Gasteiger partial charge in [-0.3, -0.25) is 34.0 Å². The Hall–Kier alpha value is -5.60. The van der Waals surface area contributed by atoms with Crippen LogP contribution in [-0.4, -0.2) is 115 Å². The fourth-order valence-electron chi connectivity index (χ4n) is 7.51. The number of piperidine rings is 2. The van der Waals surface area contributed by atoms with E-state index in [-0.39, 0.29) is 35.8 Å². The highest BCUT2D eigenvalue weighted by molar-refractivity contribution is 7.92. The summed E-state index contributed by atoms with van der Waals surface area (Å²) in [7, 11) is -2.42. The van der Waals surface area contributed by atoms with Gasteiger partial charge in [-0.1, -0.05) is 12.1 Å². The zero-order chi connectivity index (χ0) is 41.7. The van der Waals surface area contributed by atoms with Crippen molar-refractivity contribution >= 4 is 56.5 Å². The van der Waals surface area contributed by atoms with Crippen molar-refractivity contribution < 1.29 is 31.2 Å². The van der Waals surface area contributed by atoms with Crippen LogP contribution in [0.4, 0.5) is 47.8 Å². The van der Waals surface area contributed by atoms with Gasteiger partial charge in [-0.05, 0) is 61.2 Å². The van der Waals surface area contributed by atoms with Crippen LogP contribution in [0.2, 0.25) is 0 Å². The molecule has 0 radical (unpaired) electrons. The maximum atomic E-state index is 13.9. The molecule has 0 aliphatic carbocycles. The number of carbonyl (C=O) groups is 2. The average Bonchev–Trinajstić information content (AvgIpc) is 3.21. The predicted molar refractivity (Wildman–Crippen MR) is 218 cm³/mol. The molecule has 0 bridgehead atoms. The number of amides is 2. The number of piperazine rings is 1. The van der Waals surface area contributed by atoms with Crippen LogP contribution in [0.25, 0.3) is 0 Å². The average molecular weight is 837 g/mol. The molecule has 16 nitrogen and oxygen atoms in total. The molecule has 3 aliphatic rings. The number of hydrogen-bond donors (Lipinski definition) is 4. The van der Waals surface area contributed by atoms with Gasteiger partial charge in [0, 0.05) is 101 Å². The smallest absolute Gasteiger partial charge is 0.374 e. The lowest BCUT2D eigenvalue weighted by atomic mass is 10.0. The normalized spacial score (nSPS) is 18.7. The van der Waals surface area contributed by atoms with Crippen LogP contribution in [0.5, 0.6) is 0 Å². The van der Waals surface area contributed by atoms with E-state index in [0.29, 0.717) is 30.8 Å². The minimum Gasteiger partial charge on any atom is -0.374 e. The Bertz CT molecular complexity index is 2220. The number of nitrogens with zero attached hydrogens (tertiary/aromatic N) is 8. The van der Waals surface area contributed by atoms with Crippen LogP contribution in [0.1, 0.15) is 42.5 Å². The van der Waals surface area contributed by atoms with E-state index >= 15 is 0 Å². The van der Waals surface area contributed by atoms with Crippen molar-refractivity contribution in [3.63, 3.8) is 0 Å². The lowest BCUT2D eigenvalue weighted by Gasteiger charge is -2.43. The van der Waals surface area contributed by atoms with Gasteiger partial charge in [0.25, 0.3) is 0 Å². The summed E-state index contributed by atoms with van der Waals surface area (Å²) in [6, 6.07) is 15.9. The van der Waals surface area contributed by atoms with Crippen molar-refractivity contribution in [2.45, 2.75) is 57.0 Å². The highest BCUT2D eigenvalue weighted by Crippen LogP contribution is 2.35. The Kier molecular flexibility index (Phi) is 12.5. The number of halogens is 3. The summed E-state index contributed by atoms with van der Waals surface area (Å²) in [5.41, 5.74) is 2.74. The fraction of sp³-hybridized carbons (Fsp3) is 0.436. The number of rotatable bonds is 13. The summed E-state index contributed by atoms with van der Waals surface area (Å²) in [5.74, 6) is -1.08. The number of aromatic nitrogens is 4. The van der Waals surface area contributed by atoms with Crippen LogP contribution < -0.4 is 30.5 Å². The molecule has 0 saturated carbocycles. The van der Waals surface area contributed by atoms with E-state index in [1.807, 2.05) is 36.4 Å². The SMILES string of the molecule is CN(c1nccnc1CNc1nc(Nc2ccc(N3CCC(N4CCN(Cc5ccc(NC6CCC(=O)NC6=O)cc5)CC4)CC3)cc2)ncc1C(F)(F)F)S(C)(=O)=O. The molecule has 7 rings (SSSR count). The number of carbonyl (C=O) groups excluding carboxylic acids is 2. The van der Waals surface area contributed by atoms with E-state index in [1.54, 1.807) is 0 Å². The van der Waals surface area contributed by atoms with Gasteiger partial charge >= 0.3 is 6.18 Å². The van der Waals surface area contributed by atoms with E-state index in [4.69, 9.17) is 0 Å². The molecule has 4 N–H and O–H groups in total. The molecular formula is C39H47F3N12O4S. The first-order chi connectivity index (χ1) is 28.2. The van der Waals surface area contributed by atoms with Crippen molar-refractivity contribution in [1.82, 2.24) is 35.1 Å². The van der Waals surface area contributed by atoms with Gasteiger partial charge in [-0.2, -0.15) is 18.2 Å². The molecule has 1 unspecified atom stereocenters. The van der Waals surface area contributed by atoms with Crippen molar-refractivity contribution in [1.29, 1.82) is 0 Å². The molecular weight excluding hydrogens is 790 g/mol. The molecule has 5 heterocycles. The number of hydrogen-bond acceptors (Lipinski definition) is 14. The van der Waals surface area contributed by atoms with Crippen molar-refractivity contribution in [3.8, 4) is 0 Å². The van der Waals surface area contributed by atoms with Crippen molar-refractivity contribution in [3.05, 3.63) is 83.9 Å². The molecule has 3 aliphatic heterocycles. The van der Waals surface area contributed by atoms with Gasteiger partial charge in [-0.25, -0.2) is 18.4 Å². The molecule has 20 heteroatoms. The highest BCUT2D eigenvalue weighted by atomic mass is 32.2. The molecule has 1 atom stereocenters. The molecule has 0 spiro atoms. The quantitative estimate of drug-likeness (QED) is 0.142. The van der Waals surface area contributed by atoms with Crippen molar-refractivity contribution in [2.24, 2.45) is 0 Å². The molecule has 59 heavy (non-hydrogen) atoms. The molecule has 3 fully saturated rings. The summed E-state index contributed by atoms with van der Waals surface area (Å²) in [6.45, 7) is 6.36. The molecule has 314 valence electrons. The first kappa shape index (κ1) is 41.6. The van der Waals surface area contributed by atoms with E-state index in [2.05, 4.69) is 68.0 Å². The summed E-state index contributed by atoms with van der Waals surface area (Å²) in [6.07, 6.45) is 2.45. The van der Waals surface area contributed by atoms with E-state index in [1.165, 1.54) is 25.0 Å². The third-order valence-electron chi connectivity index (χ3n) is 10.9. The van der Waals surface area contributed by atoms with Gasteiger partial charge in [0.2, 0.25) is 27.8 Å². The molecule has 2 amide bonds. The standard InChI is InChI=1S/C39H47F3N12O4S/c1-51(59(2,57)58)36-33(43-15-16-44-36)24-45-35-31(39(40,41)42)23-46-38(50-35)48-28-7-9-29(10-8-28)53-17-13-30(14-18-53)54-21-19-52(20-22-54)25-26-3-5-27(6-4-26)47-32-11-12-34(55)49-37(32)56/h3-10,15-16,23,30,32,47H,11-14,17-22,24-25H2,1-2H3,(H,49,55,56)(H2,45,46,48,50). The Balaban J connectivity index is 0.878. The monoisotopic (exact) mass is 836 g/mol. The maximum absolute atomic E-state index is 13.9. The second kappa shape index (κ2) is 17.7. The minimum absolute atomic E-state index is 0.0218. The fourth-order valence-corrected chi connectivity index (χ4v) is 7.98. The lowest BCUT2D eigenvalue weighted by Crippen LogP contribution is -2.53. The minimum atomic E-state index is -4.75. The second-order valence-corrected chi connectivity index (χ2v) is 16.9.